The Morgan fingerprint density at radius 3 is 2.53 bits per heavy atom. The molecule has 19 heavy (non-hydrogen) atoms. The summed E-state index contributed by atoms with van der Waals surface area (Å²) < 4.78 is 5.25. The topological polar surface area (TPSA) is 90.6 Å². The van der Waals surface area contributed by atoms with Gasteiger partial charge in [0.05, 0.1) is 12.5 Å². The van der Waals surface area contributed by atoms with Crippen molar-refractivity contribution in [3.8, 4) is 6.07 Å². The molecule has 6 nitrogen and oxygen atoms in total. The van der Waals surface area contributed by atoms with Crippen LogP contribution in [0.1, 0.15) is 33.1 Å². The highest BCUT2D eigenvalue weighted by atomic mass is 16.5. The number of carboxylic acid groups (broad SMARTS) is 1. The van der Waals surface area contributed by atoms with E-state index in [-0.39, 0.29) is 12.3 Å². The number of hydrogen-bond acceptors (Lipinski definition) is 4. The minimum absolute atomic E-state index is 0.201. The predicted molar refractivity (Wildman–Crippen MR) is 67.2 cm³/mol. The Morgan fingerprint density at radius 1 is 1.42 bits per heavy atom. The first-order chi connectivity index (χ1) is 8.95. The van der Waals surface area contributed by atoms with E-state index < -0.39 is 18.2 Å². The van der Waals surface area contributed by atoms with Gasteiger partial charge in [-0.15, -0.1) is 0 Å². The zero-order chi connectivity index (χ0) is 14.4. The van der Waals surface area contributed by atoms with E-state index in [2.05, 4.69) is 0 Å². The van der Waals surface area contributed by atoms with Gasteiger partial charge in [0.15, 0.2) is 6.10 Å². The maximum Gasteiger partial charge on any atom is 0.332 e. The Balaban J connectivity index is 2.61. The summed E-state index contributed by atoms with van der Waals surface area (Å²) in [5.41, 5.74) is 0. The molecule has 0 aliphatic carbocycles. The second-order valence-corrected chi connectivity index (χ2v) is 5.12. The minimum atomic E-state index is -1.03. The van der Waals surface area contributed by atoms with E-state index in [1.807, 2.05) is 19.9 Å². The number of carbonyl (C=O) groups is 2. The van der Waals surface area contributed by atoms with Gasteiger partial charge in [-0.05, 0) is 18.8 Å². The number of nitrogens with zero attached hydrogens (tertiary/aromatic N) is 2. The van der Waals surface area contributed by atoms with Crippen LogP contribution in [0.5, 0.6) is 0 Å². The van der Waals surface area contributed by atoms with Crippen molar-refractivity contribution >= 4 is 11.9 Å². The van der Waals surface area contributed by atoms with Gasteiger partial charge in [0.1, 0.15) is 6.10 Å². The molecule has 0 aromatic carbocycles. The van der Waals surface area contributed by atoms with E-state index in [1.165, 1.54) is 0 Å². The Hall–Kier alpha value is -1.61. The molecule has 0 spiro atoms. The van der Waals surface area contributed by atoms with E-state index in [0.29, 0.717) is 31.8 Å². The normalized spacial score (nSPS) is 22.2. The SMILES string of the molecule is CC(C)CN(CCC#N)C(=O)C1CCC(C(=O)O)O1. The summed E-state index contributed by atoms with van der Waals surface area (Å²) in [6.07, 6.45) is -0.506. The molecule has 1 rings (SSSR count). The van der Waals surface area contributed by atoms with Gasteiger partial charge in [-0.2, -0.15) is 5.26 Å². The average molecular weight is 268 g/mol. The number of hydrogen-bond donors (Lipinski definition) is 1. The maximum absolute atomic E-state index is 12.3. The first-order valence-electron chi connectivity index (χ1n) is 6.49. The molecular formula is C13H20N2O4. The van der Waals surface area contributed by atoms with Crippen molar-refractivity contribution in [3.05, 3.63) is 0 Å². The third-order valence-corrected chi connectivity index (χ3v) is 2.96. The molecule has 0 bridgehead atoms. The highest BCUT2D eigenvalue weighted by molar-refractivity contribution is 5.82. The number of nitriles is 1. The third kappa shape index (κ3) is 4.52. The van der Waals surface area contributed by atoms with Crippen molar-refractivity contribution in [2.75, 3.05) is 13.1 Å². The lowest BCUT2D eigenvalue weighted by Crippen LogP contribution is -2.42. The van der Waals surface area contributed by atoms with Crippen molar-refractivity contribution < 1.29 is 19.4 Å². The number of aliphatic carboxylic acids is 1. The number of rotatable bonds is 6. The molecule has 0 saturated carbocycles. The monoisotopic (exact) mass is 268 g/mol. The number of ether oxygens (including phenoxy) is 1. The van der Waals surface area contributed by atoms with E-state index >= 15 is 0 Å². The van der Waals surface area contributed by atoms with Crippen LogP contribution in [-0.4, -0.2) is 47.2 Å². The Morgan fingerprint density at radius 2 is 2.05 bits per heavy atom. The average Bonchev–Trinajstić information content (AvgIpc) is 2.82. The summed E-state index contributed by atoms with van der Waals surface area (Å²) in [5, 5.41) is 17.5. The maximum atomic E-state index is 12.3. The molecule has 2 unspecified atom stereocenters. The summed E-state index contributed by atoms with van der Waals surface area (Å²) in [6.45, 7) is 4.90. The van der Waals surface area contributed by atoms with Gasteiger partial charge in [-0.25, -0.2) is 4.79 Å². The van der Waals surface area contributed by atoms with Crippen LogP contribution in [0.2, 0.25) is 0 Å². The largest absolute Gasteiger partial charge is 0.479 e. The van der Waals surface area contributed by atoms with Gasteiger partial charge in [-0.1, -0.05) is 13.8 Å². The Bertz CT molecular complexity index is 375. The summed E-state index contributed by atoms with van der Waals surface area (Å²) in [5.74, 6) is -0.935. The van der Waals surface area contributed by atoms with Crippen LogP contribution in [0.25, 0.3) is 0 Å². The molecule has 0 radical (unpaired) electrons. The van der Waals surface area contributed by atoms with E-state index in [4.69, 9.17) is 15.1 Å². The number of amides is 1. The van der Waals surface area contributed by atoms with Crippen molar-refractivity contribution in [3.63, 3.8) is 0 Å². The predicted octanol–water partition coefficient (Wildman–Crippen LogP) is 1.02. The molecule has 1 amide bonds. The van der Waals surface area contributed by atoms with Gasteiger partial charge in [0.25, 0.3) is 5.91 Å². The second-order valence-electron chi connectivity index (χ2n) is 5.12. The minimum Gasteiger partial charge on any atom is -0.479 e. The summed E-state index contributed by atoms with van der Waals surface area (Å²) in [4.78, 5) is 24.7. The zero-order valence-corrected chi connectivity index (χ0v) is 11.3. The van der Waals surface area contributed by atoms with Crippen molar-refractivity contribution in [2.24, 2.45) is 5.92 Å². The molecule has 1 aliphatic rings. The lowest BCUT2D eigenvalue weighted by atomic mass is 10.1. The third-order valence-electron chi connectivity index (χ3n) is 2.96. The lowest BCUT2D eigenvalue weighted by molar-refractivity contribution is -0.155. The fourth-order valence-corrected chi connectivity index (χ4v) is 2.12. The summed E-state index contributed by atoms with van der Waals surface area (Å²) in [6, 6.07) is 2.02. The van der Waals surface area contributed by atoms with Gasteiger partial charge in [0, 0.05) is 13.1 Å². The summed E-state index contributed by atoms with van der Waals surface area (Å²) >= 11 is 0. The molecular weight excluding hydrogens is 248 g/mol. The molecule has 106 valence electrons. The molecule has 1 heterocycles. The van der Waals surface area contributed by atoms with Gasteiger partial charge >= 0.3 is 5.97 Å². The highest BCUT2D eigenvalue weighted by Gasteiger charge is 2.36. The van der Waals surface area contributed by atoms with Crippen LogP contribution >= 0.6 is 0 Å². The van der Waals surface area contributed by atoms with E-state index in [1.54, 1.807) is 4.90 Å². The standard InChI is InChI=1S/C13H20N2O4/c1-9(2)8-15(7-3-6-14)12(16)10-4-5-11(19-10)13(17)18/h9-11H,3-5,7-8H2,1-2H3,(H,17,18). The second kappa shape index (κ2) is 7.10. The van der Waals surface area contributed by atoms with Crippen LogP contribution in [0.15, 0.2) is 0 Å². The zero-order valence-electron chi connectivity index (χ0n) is 11.3. The quantitative estimate of drug-likeness (QED) is 0.776. The highest BCUT2D eigenvalue weighted by Crippen LogP contribution is 2.22. The first-order valence-corrected chi connectivity index (χ1v) is 6.49. The van der Waals surface area contributed by atoms with Crippen LogP contribution in [-0.2, 0) is 14.3 Å². The van der Waals surface area contributed by atoms with Gasteiger partial charge < -0.3 is 14.7 Å². The van der Waals surface area contributed by atoms with Crippen LogP contribution in [0, 0.1) is 17.2 Å². The van der Waals surface area contributed by atoms with Gasteiger partial charge in [-0.3, -0.25) is 4.79 Å². The number of carbonyl (C=O) groups excluding carboxylic acids is 1. The molecule has 0 aromatic rings. The van der Waals surface area contributed by atoms with Crippen LogP contribution < -0.4 is 0 Å². The fraction of sp³-hybridized carbons (Fsp3) is 0.769. The van der Waals surface area contributed by atoms with Crippen LogP contribution in [0.3, 0.4) is 0 Å². The molecule has 2 atom stereocenters. The first kappa shape index (κ1) is 15.4. The molecule has 6 heteroatoms. The Labute approximate surface area is 112 Å². The lowest BCUT2D eigenvalue weighted by Gasteiger charge is -2.26. The molecule has 0 aromatic heterocycles. The van der Waals surface area contributed by atoms with Crippen molar-refractivity contribution in [1.82, 2.24) is 4.90 Å². The molecule has 1 aliphatic heterocycles. The van der Waals surface area contributed by atoms with Crippen molar-refractivity contribution in [2.45, 2.75) is 45.3 Å². The molecule has 1 fully saturated rings. The Kier molecular flexibility index (Phi) is 5.77. The smallest absolute Gasteiger partial charge is 0.332 e. The van der Waals surface area contributed by atoms with E-state index in [9.17, 15) is 9.59 Å². The number of carboxylic acids is 1. The van der Waals surface area contributed by atoms with E-state index in [0.717, 1.165) is 0 Å². The summed E-state index contributed by atoms with van der Waals surface area (Å²) in [7, 11) is 0. The van der Waals surface area contributed by atoms with Gasteiger partial charge in [0.2, 0.25) is 0 Å². The molecule has 1 N–H and O–H groups in total. The fourth-order valence-electron chi connectivity index (χ4n) is 2.12. The molecule has 1 saturated heterocycles. The van der Waals surface area contributed by atoms with Crippen LogP contribution in [0.4, 0.5) is 0 Å². The van der Waals surface area contributed by atoms with Crippen molar-refractivity contribution in [1.29, 1.82) is 5.26 Å².